The first-order chi connectivity index (χ1) is 7.66. The number of hydrogen-bond acceptors (Lipinski definition) is 5. The molecular weight excluding hydrogens is 226 g/mol. The van der Waals surface area contributed by atoms with Gasteiger partial charge in [0.1, 0.15) is 10.6 Å². The predicted molar refractivity (Wildman–Crippen MR) is 62.6 cm³/mol. The number of benzene rings is 1. The van der Waals surface area contributed by atoms with Gasteiger partial charge in [0.05, 0.1) is 23.1 Å². The highest BCUT2D eigenvalue weighted by atomic mass is 32.1. The lowest BCUT2D eigenvalue weighted by Crippen LogP contribution is -2.11. The first-order valence-electron chi connectivity index (χ1n) is 4.45. The van der Waals surface area contributed by atoms with Gasteiger partial charge in [-0.15, -0.1) is 11.3 Å². The molecule has 0 atom stereocenters. The summed E-state index contributed by atoms with van der Waals surface area (Å²) in [6, 6.07) is 4.38. The van der Waals surface area contributed by atoms with E-state index in [1.807, 2.05) is 0 Å². The van der Waals surface area contributed by atoms with Crippen LogP contribution in [0.15, 0.2) is 29.9 Å². The fourth-order valence-electron chi connectivity index (χ4n) is 1.18. The summed E-state index contributed by atoms with van der Waals surface area (Å²) in [6.07, 6.45) is 1.48. The van der Waals surface area contributed by atoms with Crippen LogP contribution in [0.25, 0.3) is 0 Å². The summed E-state index contributed by atoms with van der Waals surface area (Å²) in [4.78, 5) is 16.0. The monoisotopic (exact) mass is 235 g/mol. The molecule has 6 heteroatoms. The second kappa shape index (κ2) is 4.19. The number of aromatic nitrogens is 1. The van der Waals surface area contributed by atoms with E-state index in [9.17, 15) is 4.79 Å². The van der Waals surface area contributed by atoms with E-state index in [4.69, 9.17) is 10.8 Å². The number of rotatable bonds is 2. The van der Waals surface area contributed by atoms with Crippen LogP contribution in [0.3, 0.4) is 0 Å². The Bertz CT molecular complexity index is 511. The number of carbonyl (C=O) groups is 1. The Balaban J connectivity index is 2.18. The van der Waals surface area contributed by atoms with Gasteiger partial charge in [-0.1, -0.05) is 0 Å². The molecule has 1 heterocycles. The second-order valence-electron chi connectivity index (χ2n) is 3.09. The topological polar surface area (TPSA) is 88.2 Å². The van der Waals surface area contributed by atoms with Crippen molar-refractivity contribution in [3.63, 3.8) is 0 Å². The number of nitrogens with zero attached hydrogens (tertiary/aromatic N) is 1. The van der Waals surface area contributed by atoms with E-state index in [0.717, 1.165) is 0 Å². The predicted octanol–water partition coefficient (Wildman–Crippen LogP) is 1.68. The zero-order valence-electron chi connectivity index (χ0n) is 8.18. The summed E-state index contributed by atoms with van der Waals surface area (Å²) in [5.74, 6) is -0.201. The molecule has 4 N–H and O–H groups in total. The van der Waals surface area contributed by atoms with Crippen LogP contribution in [0.4, 0.5) is 11.4 Å². The van der Waals surface area contributed by atoms with Crippen molar-refractivity contribution in [1.29, 1.82) is 0 Å². The van der Waals surface area contributed by atoms with E-state index >= 15 is 0 Å². The van der Waals surface area contributed by atoms with E-state index in [1.54, 1.807) is 11.6 Å². The van der Waals surface area contributed by atoms with Gasteiger partial charge in [0.15, 0.2) is 0 Å². The molecule has 0 spiro atoms. The third-order valence-corrected chi connectivity index (χ3v) is 2.71. The minimum atomic E-state index is -0.264. The van der Waals surface area contributed by atoms with Crippen LogP contribution in [0.2, 0.25) is 0 Å². The number of aromatic hydroxyl groups is 1. The molecule has 1 aromatic carbocycles. The van der Waals surface area contributed by atoms with Crippen molar-refractivity contribution in [2.24, 2.45) is 0 Å². The van der Waals surface area contributed by atoms with Gasteiger partial charge in [0.25, 0.3) is 5.91 Å². The Morgan fingerprint density at radius 1 is 1.50 bits per heavy atom. The minimum absolute atomic E-state index is 0.0632. The smallest absolute Gasteiger partial charge is 0.267 e. The van der Waals surface area contributed by atoms with Gasteiger partial charge in [-0.2, -0.15) is 0 Å². The van der Waals surface area contributed by atoms with Gasteiger partial charge < -0.3 is 16.2 Å². The first-order valence-corrected chi connectivity index (χ1v) is 5.33. The number of thiazole rings is 1. The van der Waals surface area contributed by atoms with Crippen molar-refractivity contribution in [2.45, 2.75) is 0 Å². The third-order valence-electron chi connectivity index (χ3n) is 1.94. The van der Waals surface area contributed by atoms with Crippen LogP contribution in [0.5, 0.6) is 5.75 Å². The van der Waals surface area contributed by atoms with Crippen LogP contribution in [-0.2, 0) is 0 Å². The number of phenolic OH excluding ortho intramolecular Hbond substituents is 1. The lowest BCUT2D eigenvalue weighted by atomic mass is 10.2. The van der Waals surface area contributed by atoms with E-state index in [2.05, 4.69) is 10.3 Å². The molecule has 0 fully saturated rings. The van der Waals surface area contributed by atoms with E-state index in [1.165, 1.54) is 29.7 Å². The molecule has 0 aliphatic rings. The molecule has 0 bridgehead atoms. The van der Waals surface area contributed by atoms with Crippen LogP contribution < -0.4 is 11.1 Å². The average molecular weight is 235 g/mol. The van der Waals surface area contributed by atoms with E-state index < -0.39 is 0 Å². The molecule has 16 heavy (non-hydrogen) atoms. The van der Waals surface area contributed by atoms with E-state index in [0.29, 0.717) is 16.3 Å². The number of amides is 1. The average Bonchev–Trinajstić information content (AvgIpc) is 2.75. The Labute approximate surface area is 95.6 Å². The largest absolute Gasteiger partial charge is 0.508 e. The molecule has 1 amide bonds. The molecule has 2 aromatic rings. The first kappa shape index (κ1) is 10.4. The van der Waals surface area contributed by atoms with E-state index in [-0.39, 0.29) is 11.7 Å². The quantitative estimate of drug-likeness (QED) is 0.546. The highest BCUT2D eigenvalue weighted by Gasteiger charge is 2.09. The van der Waals surface area contributed by atoms with Gasteiger partial charge in [0, 0.05) is 6.07 Å². The number of nitrogens with one attached hydrogen (secondary N) is 1. The lowest BCUT2D eigenvalue weighted by molar-refractivity contribution is 0.103. The Morgan fingerprint density at radius 2 is 2.31 bits per heavy atom. The van der Waals surface area contributed by atoms with Crippen LogP contribution >= 0.6 is 11.3 Å². The summed E-state index contributed by atoms with van der Waals surface area (Å²) in [6.45, 7) is 0. The normalized spacial score (nSPS) is 10.0. The van der Waals surface area contributed by atoms with Gasteiger partial charge in [0.2, 0.25) is 0 Å². The van der Waals surface area contributed by atoms with Gasteiger partial charge in [-0.05, 0) is 12.1 Å². The number of carbonyl (C=O) groups excluding carboxylic acids is 1. The highest BCUT2D eigenvalue weighted by molar-refractivity contribution is 7.11. The molecule has 2 rings (SSSR count). The maximum Gasteiger partial charge on any atom is 0.267 e. The number of phenols is 1. The standard InChI is InChI=1S/C10H9N3O2S/c11-7-3-6(14)1-2-8(7)13-10(15)9-4-12-5-16-9/h1-5,14H,11H2,(H,13,15). The fraction of sp³-hybridized carbons (Fsp3) is 0. The Morgan fingerprint density at radius 3 is 2.94 bits per heavy atom. The minimum Gasteiger partial charge on any atom is -0.508 e. The summed E-state index contributed by atoms with van der Waals surface area (Å²) in [5.41, 5.74) is 8.00. The molecule has 0 aliphatic heterocycles. The van der Waals surface area contributed by atoms with Gasteiger partial charge >= 0.3 is 0 Å². The van der Waals surface area contributed by atoms with Crippen LogP contribution in [0, 0.1) is 0 Å². The molecular formula is C10H9N3O2S. The van der Waals surface area contributed by atoms with Gasteiger partial charge in [-0.25, -0.2) is 0 Å². The van der Waals surface area contributed by atoms with Crippen molar-refractivity contribution in [1.82, 2.24) is 4.98 Å². The van der Waals surface area contributed by atoms with Crippen LogP contribution in [0.1, 0.15) is 9.67 Å². The van der Waals surface area contributed by atoms with Crippen molar-refractivity contribution in [2.75, 3.05) is 11.1 Å². The Hall–Kier alpha value is -2.08. The summed E-state index contributed by atoms with van der Waals surface area (Å²) in [5, 5.41) is 11.8. The van der Waals surface area contributed by atoms with Crippen molar-refractivity contribution in [3.05, 3.63) is 34.8 Å². The lowest BCUT2D eigenvalue weighted by Gasteiger charge is -2.06. The highest BCUT2D eigenvalue weighted by Crippen LogP contribution is 2.24. The molecule has 5 nitrogen and oxygen atoms in total. The molecule has 82 valence electrons. The third kappa shape index (κ3) is 2.12. The summed E-state index contributed by atoms with van der Waals surface area (Å²) in [7, 11) is 0. The number of nitrogens with two attached hydrogens (primary N) is 1. The molecule has 0 radical (unpaired) electrons. The maximum absolute atomic E-state index is 11.7. The Kier molecular flexibility index (Phi) is 2.74. The molecule has 1 aromatic heterocycles. The number of anilines is 2. The van der Waals surface area contributed by atoms with Gasteiger partial charge in [-0.3, -0.25) is 9.78 Å². The molecule has 0 unspecified atom stereocenters. The molecule has 0 aliphatic carbocycles. The second-order valence-corrected chi connectivity index (χ2v) is 3.98. The van der Waals surface area contributed by atoms with Crippen molar-refractivity contribution in [3.8, 4) is 5.75 Å². The van der Waals surface area contributed by atoms with Crippen LogP contribution in [-0.4, -0.2) is 16.0 Å². The summed E-state index contributed by atoms with van der Waals surface area (Å²) < 4.78 is 0. The fourth-order valence-corrected chi connectivity index (χ4v) is 1.69. The van der Waals surface area contributed by atoms with Crippen molar-refractivity contribution >= 4 is 28.6 Å². The molecule has 0 saturated heterocycles. The van der Waals surface area contributed by atoms with Crippen molar-refractivity contribution < 1.29 is 9.90 Å². The maximum atomic E-state index is 11.7. The SMILES string of the molecule is Nc1cc(O)ccc1NC(=O)c1cncs1. The molecule has 0 saturated carbocycles. The zero-order valence-corrected chi connectivity index (χ0v) is 8.99. The number of nitrogen functional groups attached to an aromatic ring is 1. The number of hydrogen-bond donors (Lipinski definition) is 3. The zero-order chi connectivity index (χ0) is 11.5. The summed E-state index contributed by atoms with van der Waals surface area (Å²) >= 11 is 1.25.